The molecule has 118 heavy (non-hydrogen) atoms. The fourth-order valence-electron chi connectivity index (χ4n) is 14.3. The fraction of sp³-hybridized carbons (Fsp3) is 0.580. The van der Waals surface area contributed by atoms with Gasteiger partial charge in [-0.25, -0.2) is 14.6 Å². The number of imidazole rings is 1. The number of carboxylic acids is 1. The normalized spacial score (nSPS) is 22.6. The standard InChI is InChI=1S/C81H119N19O18/c1-7-48(6)21-14-12-10-8-9-11-13-15-22-53-37-65(102)92-58(25-18-30-82)74(110)96-62(35-51-41-84-45-91-51)76(112)99-71(47(4)5)79(115)100-32-20-27-64(100)77(113)90-43-66(103)93-59(26-19-31-85-81(83)117)75(111)95-61(34-50-40-87-57-29-28-52(101)36-55(50)57)73(109)88-42-67(104)94-60(33-49-39-86-56-24-17-16-23-54(49)56)72(108)89-44-68(105)98-70(46(2)3)78(114)97-63(38-69(106)107)80(116)118-53/h16-17,23-24,28-29,36,39-41,45-48,53,58-64,70-71,86-87,101H,7-15,18-22,25-27,30-35,37-38,42-44,82H2,1-6H3,(H,84,91)(H,88,109)(H,89,108)(H,90,113)(H,92,102)(H,93,103)(H,94,104)(H,95,111)(H,96,110)(H,97,114)(H,98,105)(H,99,112)(H,106,107)(H3,83,85,117)/t48?,53?,58-,59-,60-,61-,62-,63-,64-,70-,71-/m0/s1. The monoisotopic (exact) mass is 1650 g/mol. The van der Waals surface area contributed by atoms with Crippen LogP contribution in [0.2, 0.25) is 0 Å². The zero-order chi connectivity index (χ0) is 86.0. The highest BCUT2D eigenvalue weighted by atomic mass is 16.5. The van der Waals surface area contributed by atoms with Crippen molar-refractivity contribution in [1.82, 2.24) is 88.6 Å². The summed E-state index contributed by atoms with van der Waals surface area (Å²) < 4.78 is 5.97. The topological polar surface area (TPSA) is 566 Å². The number of phenolic OH excluding ortho intramolecular Hbond substituents is 1. The number of carboxylic acid groups (broad SMARTS) is 1. The molecule has 11 atom stereocenters. The zero-order valence-corrected chi connectivity index (χ0v) is 68.1. The maximum Gasteiger partial charge on any atom is 0.329 e. The number of esters is 1. The third-order valence-electron chi connectivity index (χ3n) is 21.1. The minimum atomic E-state index is -1.90. The van der Waals surface area contributed by atoms with E-state index in [9.17, 15) is 82.1 Å². The van der Waals surface area contributed by atoms with Gasteiger partial charge >= 0.3 is 18.0 Å². The maximum atomic E-state index is 14.8. The van der Waals surface area contributed by atoms with Gasteiger partial charge in [0.2, 0.25) is 70.9 Å². The van der Waals surface area contributed by atoms with Gasteiger partial charge in [-0.15, -0.1) is 0 Å². The molecule has 0 saturated carbocycles. The van der Waals surface area contributed by atoms with Gasteiger partial charge in [0.05, 0.1) is 38.8 Å². The van der Waals surface area contributed by atoms with Crippen LogP contribution >= 0.6 is 0 Å². The second-order valence-electron chi connectivity index (χ2n) is 31.1. The molecule has 2 fully saturated rings. The van der Waals surface area contributed by atoms with Crippen LogP contribution in [0.1, 0.15) is 180 Å². The number of benzene rings is 2. The molecule has 0 aliphatic carbocycles. The van der Waals surface area contributed by atoms with Crippen molar-refractivity contribution in [3.05, 3.63) is 84.2 Å². The predicted octanol–water partition coefficient (Wildman–Crippen LogP) is 1.56. The molecule has 5 aromatic rings. The third kappa shape index (κ3) is 30.1. The molecule has 2 aliphatic rings. The number of aromatic hydroxyl groups is 1. The Labute approximate surface area is 685 Å². The first-order valence-corrected chi connectivity index (χ1v) is 40.9. The van der Waals surface area contributed by atoms with Gasteiger partial charge in [0.25, 0.3) is 0 Å². The molecule has 37 nitrogen and oxygen atoms in total. The molecule has 3 aromatic heterocycles. The van der Waals surface area contributed by atoms with Crippen LogP contribution in [0, 0.1) is 17.8 Å². The summed E-state index contributed by atoms with van der Waals surface area (Å²) in [6.07, 6.45) is 12.2. The summed E-state index contributed by atoms with van der Waals surface area (Å²) in [5.41, 5.74) is 13.8. The average Bonchev–Trinajstić information content (AvgIpc) is 1.66. The number of aliphatic carboxylic acids is 1. The van der Waals surface area contributed by atoms with Crippen LogP contribution in [0.5, 0.6) is 5.75 Å². The molecule has 21 N–H and O–H groups in total. The number of fused-ring (bicyclic) bond motifs is 3. The lowest BCUT2D eigenvalue weighted by atomic mass is 9.99. The SMILES string of the molecule is CCC(C)CCCCCCCCCCC1CC(=O)N[C@@H](CCCN)C(=O)N[C@@H](Cc2cnc[nH]2)C(=O)N[C@@H](C(C)C)C(=O)N2CCC[C@H]2C(=O)NCC(=O)N[C@@H](CCCNC(N)=O)C(=O)N[C@@H](Cc2c[nH]c3ccc(O)cc23)C(=O)NCC(=O)N[C@@H](Cc2c[nH]c3ccccc23)C(=O)NCC(=O)N[C@@H](C(C)C)C(=O)N[C@@H](CC(=O)O)C(=O)O1. The van der Waals surface area contributed by atoms with Gasteiger partial charge in [0, 0.05) is 78.4 Å². The van der Waals surface area contributed by atoms with E-state index in [1.54, 1.807) is 64.2 Å². The lowest BCUT2D eigenvalue weighted by molar-refractivity contribution is -0.157. The number of nitrogens with one attached hydrogen (secondary N) is 15. The maximum absolute atomic E-state index is 14.8. The van der Waals surface area contributed by atoms with Gasteiger partial charge in [0.15, 0.2) is 0 Å². The molecule has 0 bridgehead atoms. The average molecular weight is 1650 g/mol. The lowest BCUT2D eigenvalue weighted by Crippen LogP contribution is -2.60. The summed E-state index contributed by atoms with van der Waals surface area (Å²) >= 11 is 0. The molecule has 2 saturated heterocycles. The number of carbonyl (C=O) groups excluding carboxylic acids is 14. The first kappa shape index (κ1) is 93.5. The molecule has 2 aliphatic heterocycles. The summed E-state index contributed by atoms with van der Waals surface area (Å²) in [6.45, 7) is 8.45. The number of cyclic esters (lactones) is 1. The number of hydrogen-bond acceptors (Lipinski definition) is 19. The largest absolute Gasteiger partial charge is 0.508 e. The Morgan fingerprint density at radius 3 is 1.71 bits per heavy atom. The number of carbonyl (C=O) groups is 15. The second kappa shape index (κ2) is 47.5. The number of aromatic amines is 3. The number of rotatable bonds is 29. The predicted molar refractivity (Wildman–Crippen MR) is 434 cm³/mol. The van der Waals surface area contributed by atoms with Gasteiger partial charge in [0.1, 0.15) is 66.2 Å². The number of nitrogens with two attached hydrogens (primary N) is 2. The summed E-state index contributed by atoms with van der Waals surface area (Å²) in [4.78, 5) is 226. The highest BCUT2D eigenvalue weighted by molar-refractivity contribution is 6.00. The molecule has 14 amide bonds. The number of amides is 14. The van der Waals surface area contributed by atoms with Gasteiger partial charge in [-0.05, 0) is 111 Å². The highest BCUT2D eigenvalue weighted by Crippen LogP contribution is 2.27. The van der Waals surface area contributed by atoms with E-state index in [4.69, 9.17) is 16.2 Å². The summed E-state index contributed by atoms with van der Waals surface area (Å²) in [7, 11) is 0. The van der Waals surface area contributed by atoms with Crippen molar-refractivity contribution in [2.24, 2.45) is 29.2 Å². The molecule has 37 heteroatoms. The van der Waals surface area contributed by atoms with Crippen LogP contribution in [0.25, 0.3) is 21.8 Å². The van der Waals surface area contributed by atoms with E-state index in [0.717, 1.165) is 51.4 Å². The van der Waals surface area contributed by atoms with Crippen LogP contribution in [-0.4, -0.2) is 224 Å². The van der Waals surface area contributed by atoms with E-state index >= 15 is 0 Å². The fourth-order valence-corrected chi connectivity index (χ4v) is 14.3. The number of phenols is 1. The summed E-state index contributed by atoms with van der Waals surface area (Å²) in [5.74, 6) is -14.3. The molecule has 7 rings (SSSR count). The van der Waals surface area contributed by atoms with Gasteiger partial charge in [-0.3, -0.25) is 62.3 Å². The van der Waals surface area contributed by atoms with Crippen molar-refractivity contribution in [2.45, 2.75) is 243 Å². The molecule has 646 valence electrons. The smallest absolute Gasteiger partial charge is 0.329 e. The van der Waals surface area contributed by atoms with Crippen molar-refractivity contribution in [1.29, 1.82) is 0 Å². The van der Waals surface area contributed by atoms with Crippen LogP contribution in [0.15, 0.2) is 67.4 Å². The number of H-pyrrole nitrogens is 3. The Kier molecular flexibility index (Phi) is 37.7. The van der Waals surface area contributed by atoms with Crippen LogP contribution in [0.3, 0.4) is 0 Å². The molecule has 5 heterocycles. The minimum absolute atomic E-state index is 0.0199. The highest BCUT2D eigenvalue weighted by Gasteiger charge is 2.41. The van der Waals surface area contributed by atoms with E-state index in [1.807, 2.05) is 0 Å². The first-order chi connectivity index (χ1) is 56.4. The van der Waals surface area contributed by atoms with Gasteiger partial charge < -0.3 is 110 Å². The van der Waals surface area contributed by atoms with Crippen molar-refractivity contribution >= 4 is 111 Å². The lowest BCUT2D eigenvalue weighted by Gasteiger charge is -2.32. The number of para-hydroxylation sites is 1. The second-order valence-corrected chi connectivity index (χ2v) is 31.1. The molecule has 0 radical (unpaired) electrons. The van der Waals surface area contributed by atoms with Crippen LogP contribution in [0.4, 0.5) is 4.79 Å². The van der Waals surface area contributed by atoms with Crippen molar-refractivity contribution < 1.29 is 86.9 Å². The van der Waals surface area contributed by atoms with E-state index in [-0.39, 0.29) is 83.2 Å². The summed E-state index contributed by atoms with van der Waals surface area (Å²) in [6, 6.07) is -2.67. The van der Waals surface area contributed by atoms with E-state index in [0.29, 0.717) is 63.8 Å². The van der Waals surface area contributed by atoms with E-state index in [2.05, 4.69) is 97.6 Å². The number of unbranched alkanes of at least 4 members (excludes halogenated alkanes) is 7. The molecule has 0 spiro atoms. The Balaban J connectivity index is 1.21. The van der Waals surface area contributed by atoms with Crippen LogP contribution in [-0.2, 0) is 91.1 Å². The Morgan fingerprint density at radius 1 is 0.568 bits per heavy atom. The van der Waals surface area contributed by atoms with Crippen LogP contribution < -0.4 is 75.3 Å². The number of hydrogen-bond donors (Lipinski definition) is 19. The zero-order valence-electron chi connectivity index (χ0n) is 68.1. The minimum Gasteiger partial charge on any atom is -0.508 e. The Bertz CT molecular complexity index is 4240. The molecular weight excluding hydrogens is 1530 g/mol. The number of ether oxygens (including phenoxy) is 1. The number of primary amides is 1. The number of aromatic nitrogens is 4. The van der Waals surface area contributed by atoms with Gasteiger partial charge in [-0.1, -0.05) is 118 Å². The van der Waals surface area contributed by atoms with E-state index < -0.39 is 194 Å². The number of nitrogens with zero attached hydrogens (tertiary/aromatic N) is 2. The first-order valence-electron chi connectivity index (χ1n) is 40.9. The molecule has 2 aromatic carbocycles. The summed E-state index contributed by atoms with van der Waals surface area (Å²) in [5, 5.41) is 52.8. The molecular formula is C81H119N19O18. The molecule has 2 unspecified atom stereocenters. The Morgan fingerprint density at radius 2 is 1.11 bits per heavy atom. The quantitative estimate of drug-likeness (QED) is 0.0239. The number of urea groups is 1. The Hall–Kier alpha value is -11.7. The van der Waals surface area contributed by atoms with Crippen molar-refractivity contribution in [2.75, 3.05) is 39.3 Å². The van der Waals surface area contributed by atoms with Crippen molar-refractivity contribution in [3.63, 3.8) is 0 Å². The van der Waals surface area contributed by atoms with Gasteiger partial charge in [-0.2, -0.15) is 0 Å². The third-order valence-corrected chi connectivity index (χ3v) is 21.1. The van der Waals surface area contributed by atoms with E-state index in [1.165, 1.54) is 35.8 Å². The van der Waals surface area contributed by atoms with Crippen molar-refractivity contribution in [3.8, 4) is 5.75 Å².